The highest BCUT2D eigenvalue weighted by Gasteiger charge is 2.19. The molecule has 0 aromatic heterocycles. The van der Waals surface area contributed by atoms with Gasteiger partial charge in [0.15, 0.2) is 11.5 Å². The Morgan fingerprint density at radius 2 is 1.68 bits per heavy atom. The standard InChI is InChI=1S/C25H22N4O2/c1-15-12-20-21(13-16(15)2)29(23-22(26-20)24(30)28-25(31)27-23)11-5-6-17-9-10-18-7-3-4-8-19(18)14-17/h3-4,7-10,12-14H,5-6,11H2,1-2H3,(H,28,30,31). The topological polar surface area (TPSA) is 80.6 Å². The van der Waals surface area contributed by atoms with Crippen LogP contribution in [0.3, 0.4) is 0 Å². The number of benzene rings is 3. The molecule has 0 unspecified atom stereocenters. The molecule has 0 spiro atoms. The van der Waals surface area contributed by atoms with Crippen molar-refractivity contribution in [3.8, 4) is 11.5 Å². The third-order valence-electron chi connectivity index (χ3n) is 5.89. The number of nitrogens with zero attached hydrogens (tertiary/aromatic N) is 3. The van der Waals surface area contributed by atoms with E-state index >= 15 is 0 Å². The fraction of sp³-hybridized carbons (Fsp3) is 0.200. The Morgan fingerprint density at radius 3 is 2.52 bits per heavy atom. The van der Waals surface area contributed by atoms with Crippen LogP contribution in [0, 0.1) is 13.8 Å². The Kier molecular flexibility index (Phi) is 4.62. The summed E-state index contributed by atoms with van der Waals surface area (Å²) >= 11 is 0. The lowest BCUT2D eigenvalue weighted by Crippen LogP contribution is -2.29. The van der Waals surface area contributed by atoms with Crippen molar-refractivity contribution in [2.45, 2.75) is 33.2 Å². The molecule has 0 aliphatic carbocycles. The molecule has 0 saturated heterocycles. The highest BCUT2D eigenvalue weighted by molar-refractivity contribution is 5.83. The Balaban J connectivity index is 1.55. The number of fused-ring (bicyclic) bond motifs is 3. The van der Waals surface area contributed by atoms with E-state index in [4.69, 9.17) is 0 Å². The predicted molar refractivity (Wildman–Crippen MR) is 123 cm³/mol. The zero-order valence-electron chi connectivity index (χ0n) is 17.5. The van der Waals surface area contributed by atoms with Gasteiger partial charge in [0, 0.05) is 6.54 Å². The van der Waals surface area contributed by atoms with Crippen LogP contribution in [-0.4, -0.2) is 19.5 Å². The van der Waals surface area contributed by atoms with Crippen LogP contribution < -0.4 is 11.2 Å². The summed E-state index contributed by atoms with van der Waals surface area (Å²) in [4.78, 5) is 35.2. The summed E-state index contributed by atoms with van der Waals surface area (Å²) in [6.07, 6.45) is 1.72. The Bertz CT molecular complexity index is 1530. The van der Waals surface area contributed by atoms with Gasteiger partial charge in [0.25, 0.3) is 5.56 Å². The number of aryl methyl sites for hydroxylation is 4. The number of rotatable bonds is 4. The molecule has 0 fully saturated rings. The van der Waals surface area contributed by atoms with Gasteiger partial charge in [0.1, 0.15) is 0 Å². The first-order valence-electron chi connectivity index (χ1n) is 10.4. The van der Waals surface area contributed by atoms with Gasteiger partial charge in [-0.25, -0.2) is 9.78 Å². The van der Waals surface area contributed by atoms with Crippen molar-refractivity contribution in [2.24, 2.45) is 0 Å². The second-order valence-electron chi connectivity index (χ2n) is 8.02. The van der Waals surface area contributed by atoms with Crippen LogP contribution in [-0.2, 0) is 13.0 Å². The summed E-state index contributed by atoms with van der Waals surface area (Å²) in [6, 6.07) is 18.9. The van der Waals surface area contributed by atoms with Crippen molar-refractivity contribution in [2.75, 3.05) is 0 Å². The van der Waals surface area contributed by atoms with Crippen LogP contribution in [0.1, 0.15) is 23.1 Å². The quantitative estimate of drug-likeness (QED) is 0.454. The zero-order valence-corrected chi connectivity index (χ0v) is 17.5. The largest absolute Gasteiger partial charge is 0.349 e. The molecule has 0 radical (unpaired) electrons. The number of H-pyrrole nitrogens is 1. The molecule has 2 heterocycles. The predicted octanol–water partition coefficient (Wildman–Crippen LogP) is 3.99. The third-order valence-corrected chi connectivity index (χ3v) is 5.89. The molecule has 154 valence electrons. The van der Waals surface area contributed by atoms with Gasteiger partial charge < -0.3 is 4.57 Å². The monoisotopic (exact) mass is 410 g/mol. The van der Waals surface area contributed by atoms with Crippen molar-refractivity contribution < 1.29 is 0 Å². The molecule has 3 aromatic rings. The molecular weight excluding hydrogens is 388 g/mol. The van der Waals surface area contributed by atoms with Crippen LogP contribution in [0.25, 0.3) is 33.3 Å². The fourth-order valence-corrected chi connectivity index (χ4v) is 4.11. The number of aromatic amines is 1. The van der Waals surface area contributed by atoms with Gasteiger partial charge in [-0.15, -0.1) is 0 Å². The highest BCUT2D eigenvalue weighted by Crippen LogP contribution is 2.24. The van der Waals surface area contributed by atoms with Gasteiger partial charge in [0.2, 0.25) is 0 Å². The van der Waals surface area contributed by atoms with E-state index < -0.39 is 11.2 Å². The maximum Gasteiger partial charge on any atom is 0.349 e. The molecule has 0 saturated carbocycles. The van der Waals surface area contributed by atoms with E-state index in [0.717, 1.165) is 35.0 Å². The Labute approximate surface area is 178 Å². The third kappa shape index (κ3) is 3.50. The average molecular weight is 410 g/mol. The van der Waals surface area contributed by atoms with Crippen molar-refractivity contribution in [3.63, 3.8) is 0 Å². The minimum absolute atomic E-state index is 0.195. The van der Waals surface area contributed by atoms with Crippen molar-refractivity contribution >= 4 is 21.8 Å². The number of nitrogens with one attached hydrogen (secondary N) is 1. The lowest BCUT2D eigenvalue weighted by Gasteiger charge is -2.18. The number of aromatic nitrogens is 4. The molecule has 0 atom stereocenters. The van der Waals surface area contributed by atoms with Crippen LogP contribution >= 0.6 is 0 Å². The van der Waals surface area contributed by atoms with Gasteiger partial charge in [-0.2, -0.15) is 4.98 Å². The molecule has 2 aliphatic rings. The minimum atomic E-state index is -0.647. The second kappa shape index (κ2) is 7.47. The molecule has 0 bridgehead atoms. The maximum atomic E-state index is 12.4. The summed E-state index contributed by atoms with van der Waals surface area (Å²) in [5.74, 6) is 0.336. The molecule has 6 heteroatoms. The highest BCUT2D eigenvalue weighted by atomic mass is 16.2. The summed E-state index contributed by atoms with van der Waals surface area (Å²) in [6.45, 7) is 4.69. The Hall–Kier alpha value is -3.80. The van der Waals surface area contributed by atoms with E-state index in [1.54, 1.807) is 0 Å². The fourth-order valence-electron chi connectivity index (χ4n) is 4.11. The first kappa shape index (κ1) is 19.2. The lowest BCUT2D eigenvalue weighted by molar-refractivity contribution is 0.649. The van der Waals surface area contributed by atoms with E-state index in [2.05, 4.69) is 51.4 Å². The molecule has 0 amide bonds. The van der Waals surface area contributed by atoms with Crippen LogP contribution in [0.15, 0.2) is 64.2 Å². The number of hydrogen-bond acceptors (Lipinski definition) is 4. The maximum absolute atomic E-state index is 12.4. The SMILES string of the molecule is Cc1cc2nc3c(=O)[nH]c(=O)nc-3n(CCCc3ccc4ccccc4c3)c2cc1C. The molecule has 2 aliphatic heterocycles. The zero-order chi connectivity index (χ0) is 21.5. The van der Waals surface area contributed by atoms with E-state index in [1.165, 1.54) is 16.3 Å². The summed E-state index contributed by atoms with van der Waals surface area (Å²) in [5, 5.41) is 2.45. The van der Waals surface area contributed by atoms with Crippen molar-refractivity contribution in [1.29, 1.82) is 0 Å². The smallest absolute Gasteiger partial charge is 0.322 e. The van der Waals surface area contributed by atoms with Crippen molar-refractivity contribution in [1.82, 2.24) is 19.5 Å². The van der Waals surface area contributed by atoms with Gasteiger partial charge in [0.05, 0.1) is 11.0 Å². The van der Waals surface area contributed by atoms with Gasteiger partial charge in [-0.3, -0.25) is 9.78 Å². The summed E-state index contributed by atoms with van der Waals surface area (Å²) in [7, 11) is 0. The summed E-state index contributed by atoms with van der Waals surface area (Å²) < 4.78 is 1.96. The molecule has 6 nitrogen and oxygen atoms in total. The van der Waals surface area contributed by atoms with Crippen LogP contribution in [0.4, 0.5) is 0 Å². The van der Waals surface area contributed by atoms with E-state index in [1.807, 2.05) is 36.6 Å². The normalized spacial score (nSPS) is 11.5. The van der Waals surface area contributed by atoms with Gasteiger partial charge in [-0.1, -0.05) is 42.5 Å². The first-order valence-corrected chi connectivity index (χ1v) is 10.4. The molecule has 3 aromatic carbocycles. The Morgan fingerprint density at radius 1 is 0.903 bits per heavy atom. The number of hydrogen-bond donors (Lipinski definition) is 1. The van der Waals surface area contributed by atoms with Crippen molar-refractivity contribution in [3.05, 3.63) is 92.1 Å². The molecular formula is C25H22N4O2. The minimum Gasteiger partial charge on any atom is -0.322 e. The second-order valence-corrected chi connectivity index (χ2v) is 8.02. The first-order chi connectivity index (χ1) is 15.0. The lowest BCUT2D eigenvalue weighted by atomic mass is 10.0. The molecule has 1 N–H and O–H groups in total. The van der Waals surface area contributed by atoms with E-state index in [0.29, 0.717) is 12.4 Å². The summed E-state index contributed by atoms with van der Waals surface area (Å²) in [5.41, 5.74) is 4.14. The van der Waals surface area contributed by atoms with E-state index in [9.17, 15) is 9.59 Å². The molecule has 5 rings (SSSR count). The van der Waals surface area contributed by atoms with Crippen LogP contribution in [0.5, 0.6) is 0 Å². The average Bonchev–Trinajstić information content (AvgIpc) is 2.75. The van der Waals surface area contributed by atoms with Gasteiger partial charge >= 0.3 is 5.69 Å². The van der Waals surface area contributed by atoms with Crippen LogP contribution in [0.2, 0.25) is 0 Å². The van der Waals surface area contributed by atoms with E-state index in [-0.39, 0.29) is 5.69 Å². The van der Waals surface area contributed by atoms with Gasteiger partial charge in [-0.05, 0) is 66.3 Å². The molecule has 31 heavy (non-hydrogen) atoms.